The molecule has 2 aliphatic rings. The molecule has 0 heterocycles. The summed E-state index contributed by atoms with van der Waals surface area (Å²) in [4.78, 5) is 0. The first kappa shape index (κ1) is 13.8. The lowest BCUT2D eigenvalue weighted by Crippen LogP contribution is -2.21. The van der Waals surface area contributed by atoms with Gasteiger partial charge in [0.15, 0.2) is 0 Å². The van der Waals surface area contributed by atoms with Crippen LogP contribution in [0, 0.1) is 11.8 Å². The standard InChI is InChI=1S/C15H26O2Si/c1-13(15-10-6-7-11-15)17-18(16-2)12-14-8-4-3-5-9-14/h12,14-15H,1,3-11H2,2H3. The number of hydrogen-bond acceptors (Lipinski definition) is 2. The van der Waals surface area contributed by atoms with Gasteiger partial charge in [-0.25, -0.2) is 0 Å². The van der Waals surface area contributed by atoms with E-state index in [4.69, 9.17) is 8.85 Å². The predicted octanol–water partition coefficient (Wildman–Crippen LogP) is 3.81. The Hall–Kier alpha value is -0.573. The van der Waals surface area contributed by atoms with Crippen molar-refractivity contribution < 1.29 is 8.85 Å². The van der Waals surface area contributed by atoms with Gasteiger partial charge in [-0.1, -0.05) is 38.7 Å². The largest absolute Gasteiger partial charge is 0.526 e. The van der Waals surface area contributed by atoms with Crippen LogP contribution in [0.2, 0.25) is 0 Å². The van der Waals surface area contributed by atoms with Gasteiger partial charge in [0.05, 0.1) is 12.9 Å². The van der Waals surface area contributed by atoms with Crippen LogP contribution in [-0.2, 0) is 8.85 Å². The zero-order chi connectivity index (χ0) is 12.8. The Labute approximate surface area is 113 Å². The SMILES string of the molecule is C=C(O[Si](=CC1CCCCC1)OC)C1CCCC1. The van der Waals surface area contributed by atoms with Crippen LogP contribution in [-0.4, -0.2) is 21.7 Å². The number of rotatable bonds is 5. The van der Waals surface area contributed by atoms with Gasteiger partial charge >= 0.3 is 8.90 Å². The molecule has 0 aromatic heterocycles. The van der Waals surface area contributed by atoms with E-state index in [0.717, 1.165) is 5.76 Å². The molecule has 102 valence electrons. The molecule has 0 atom stereocenters. The summed E-state index contributed by atoms with van der Waals surface area (Å²) in [6.07, 6.45) is 11.9. The highest BCUT2D eigenvalue weighted by atomic mass is 28.3. The first-order valence-electron chi connectivity index (χ1n) is 7.42. The van der Waals surface area contributed by atoms with Crippen LogP contribution in [0.1, 0.15) is 57.8 Å². The van der Waals surface area contributed by atoms with Crippen molar-refractivity contribution in [3.63, 3.8) is 0 Å². The molecule has 0 aliphatic heterocycles. The molecule has 0 bridgehead atoms. The summed E-state index contributed by atoms with van der Waals surface area (Å²) in [6, 6.07) is 0. The summed E-state index contributed by atoms with van der Waals surface area (Å²) in [5.74, 6) is 2.28. The van der Waals surface area contributed by atoms with E-state index in [2.05, 4.69) is 12.3 Å². The molecule has 2 aliphatic carbocycles. The van der Waals surface area contributed by atoms with Crippen molar-refractivity contribution in [1.29, 1.82) is 0 Å². The van der Waals surface area contributed by atoms with Crippen molar-refractivity contribution in [3.8, 4) is 0 Å². The van der Waals surface area contributed by atoms with Gasteiger partial charge in [-0.2, -0.15) is 0 Å². The van der Waals surface area contributed by atoms with E-state index in [0.29, 0.717) is 11.8 Å². The molecule has 0 radical (unpaired) electrons. The maximum absolute atomic E-state index is 6.02. The number of allylic oxidation sites excluding steroid dienone is 1. The van der Waals surface area contributed by atoms with Crippen LogP contribution in [0.4, 0.5) is 0 Å². The van der Waals surface area contributed by atoms with Crippen molar-refractivity contribution >= 4 is 14.6 Å². The first-order valence-corrected chi connectivity index (χ1v) is 8.81. The van der Waals surface area contributed by atoms with Gasteiger partial charge in [-0.05, 0) is 37.3 Å². The smallest absolute Gasteiger partial charge is 0.481 e. The van der Waals surface area contributed by atoms with Crippen LogP contribution in [0.15, 0.2) is 12.3 Å². The van der Waals surface area contributed by atoms with E-state index in [9.17, 15) is 0 Å². The second-order valence-electron chi connectivity index (χ2n) is 5.64. The monoisotopic (exact) mass is 266 g/mol. The molecule has 2 nitrogen and oxygen atoms in total. The molecule has 0 amide bonds. The van der Waals surface area contributed by atoms with E-state index in [1.165, 1.54) is 57.8 Å². The fourth-order valence-electron chi connectivity index (χ4n) is 3.10. The summed E-state index contributed by atoms with van der Waals surface area (Å²) < 4.78 is 11.6. The molecule has 0 aromatic carbocycles. The van der Waals surface area contributed by atoms with Crippen LogP contribution in [0.3, 0.4) is 0 Å². The minimum atomic E-state index is -1.24. The van der Waals surface area contributed by atoms with Gasteiger partial charge < -0.3 is 8.85 Å². The average molecular weight is 266 g/mol. The highest BCUT2D eigenvalue weighted by molar-refractivity contribution is 6.54. The van der Waals surface area contributed by atoms with E-state index < -0.39 is 8.90 Å². The lowest BCUT2D eigenvalue weighted by atomic mass is 9.91. The minimum absolute atomic E-state index is 0.583. The molecule has 0 N–H and O–H groups in total. The van der Waals surface area contributed by atoms with Gasteiger partial charge in [-0.3, -0.25) is 0 Å². The Morgan fingerprint density at radius 3 is 2.28 bits per heavy atom. The van der Waals surface area contributed by atoms with Gasteiger partial charge in [-0.15, -0.1) is 0 Å². The van der Waals surface area contributed by atoms with Crippen LogP contribution in [0.25, 0.3) is 0 Å². The Kier molecular flexibility index (Phi) is 5.48. The molecule has 2 rings (SSSR count). The van der Waals surface area contributed by atoms with E-state index in [-0.39, 0.29) is 0 Å². The highest BCUT2D eigenvalue weighted by Crippen LogP contribution is 2.30. The lowest BCUT2D eigenvalue weighted by Gasteiger charge is -2.20. The van der Waals surface area contributed by atoms with Crippen molar-refractivity contribution in [3.05, 3.63) is 12.3 Å². The topological polar surface area (TPSA) is 18.5 Å². The van der Waals surface area contributed by atoms with Crippen molar-refractivity contribution in [2.45, 2.75) is 57.8 Å². The van der Waals surface area contributed by atoms with Gasteiger partial charge in [0.1, 0.15) is 0 Å². The maximum atomic E-state index is 6.02. The van der Waals surface area contributed by atoms with Gasteiger partial charge in [0.2, 0.25) is 0 Å². The van der Waals surface area contributed by atoms with Crippen LogP contribution < -0.4 is 0 Å². The Morgan fingerprint density at radius 2 is 1.67 bits per heavy atom. The van der Waals surface area contributed by atoms with E-state index in [1.54, 1.807) is 7.11 Å². The van der Waals surface area contributed by atoms with Crippen molar-refractivity contribution in [2.24, 2.45) is 11.8 Å². The third-order valence-electron chi connectivity index (χ3n) is 4.26. The summed E-state index contributed by atoms with van der Waals surface area (Å²) in [6.45, 7) is 4.12. The Morgan fingerprint density at radius 1 is 1.06 bits per heavy atom. The molecule has 0 saturated heterocycles. The quantitative estimate of drug-likeness (QED) is 0.556. The second-order valence-corrected chi connectivity index (χ2v) is 7.22. The number of hydrogen-bond donors (Lipinski definition) is 0. The third-order valence-corrected chi connectivity index (χ3v) is 5.87. The van der Waals surface area contributed by atoms with E-state index >= 15 is 0 Å². The zero-order valence-corrected chi connectivity index (χ0v) is 12.6. The van der Waals surface area contributed by atoms with Crippen LogP contribution >= 0.6 is 0 Å². The van der Waals surface area contributed by atoms with Crippen molar-refractivity contribution in [1.82, 2.24) is 0 Å². The summed E-state index contributed by atoms with van der Waals surface area (Å²) in [5, 5.41) is 0. The normalized spacial score (nSPS) is 23.1. The first-order chi connectivity index (χ1) is 8.79. The Bertz CT molecular complexity index is 300. The predicted molar refractivity (Wildman–Crippen MR) is 77.6 cm³/mol. The second kappa shape index (κ2) is 7.12. The molecule has 18 heavy (non-hydrogen) atoms. The molecule has 0 unspecified atom stereocenters. The molecule has 3 heteroatoms. The van der Waals surface area contributed by atoms with E-state index in [1.807, 2.05) is 0 Å². The molecule has 2 fully saturated rings. The zero-order valence-electron chi connectivity index (χ0n) is 11.6. The average Bonchev–Trinajstić information content (AvgIpc) is 2.93. The molecule has 2 saturated carbocycles. The molecular weight excluding hydrogens is 240 g/mol. The summed E-state index contributed by atoms with van der Waals surface area (Å²) in [7, 11) is 0.530. The van der Waals surface area contributed by atoms with Gasteiger partial charge in [0.25, 0.3) is 0 Å². The van der Waals surface area contributed by atoms with Crippen molar-refractivity contribution in [2.75, 3.05) is 7.11 Å². The molecule has 0 spiro atoms. The van der Waals surface area contributed by atoms with Crippen LogP contribution in [0.5, 0.6) is 0 Å². The highest BCUT2D eigenvalue weighted by Gasteiger charge is 2.21. The maximum Gasteiger partial charge on any atom is 0.481 e. The molecule has 0 aromatic rings. The minimum Gasteiger partial charge on any atom is -0.526 e. The Balaban J connectivity index is 1.86. The third kappa shape index (κ3) is 3.97. The fraction of sp³-hybridized carbons (Fsp3) is 0.800. The van der Waals surface area contributed by atoms with Gasteiger partial charge in [0, 0.05) is 5.92 Å². The lowest BCUT2D eigenvalue weighted by molar-refractivity contribution is 0.278. The summed E-state index contributed by atoms with van der Waals surface area (Å²) in [5.41, 5.74) is 2.35. The summed E-state index contributed by atoms with van der Waals surface area (Å²) >= 11 is 0. The fourth-order valence-corrected chi connectivity index (χ4v) is 4.53. The molecular formula is C15H26O2Si.